The van der Waals surface area contributed by atoms with Gasteiger partial charge in [-0.25, -0.2) is 0 Å². The summed E-state index contributed by atoms with van der Waals surface area (Å²) in [5.41, 5.74) is 0.441. The number of hydrogen-bond acceptors (Lipinski definition) is 2. The molecule has 0 bridgehead atoms. The maximum absolute atomic E-state index is 12.8. The van der Waals surface area contributed by atoms with Crippen molar-refractivity contribution in [2.24, 2.45) is 0 Å². The van der Waals surface area contributed by atoms with E-state index in [9.17, 15) is 4.79 Å². The highest BCUT2D eigenvalue weighted by molar-refractivity contribution is 6.35. The van der Waals surface area contributed by atoms with Crippen LogP contribution in [0.4, 0.5) is 0 Å². The summed E-state index contributed by atoms with van der Waals surface area (Å²) in [6.45, 7) is 4.87. The Labute approximate surface area is 136 Å². The molecule has 2 rings (SSSR count). The zero-order valence-electron chi connectivity index (χ0n) is 12.7. The number of amides is 1. The molecule has 116 valence electrons. The quantitative estimate of drug-likeness (QED) is 0.907. The summed E-state index contributed by atoms with van der Waals surface area (Å²) in [6, 6.07) is 5.31. The fraction of sp³-hybridized carbons (Fsp3) is 0.562. The Bertz CT molecular complexity index is 527. The lowest BCUT2D eigenvalue weighted by Gasteiger charge is -2.39. The smallest absolute Gasteiger partial charge is 0.242 e. The molecule has 0 spiro atoms. The Hall–Kier alpha value is -0.770. The molecule has 1 saturated heterocycles. The van der Waals surface area contributed by atoms with E-state index in [1.54, 1.807) is 17.0 Å². The number of carbonyl (C=O) groups is 1. The molecule has 1 N–H and O–H groups in total. The molecule has 1 aromatic rings. The summed E-state index contributed by atoms with van der Waals surface area (Å²) in [5, 5.41) is 4.56. The largest absolute Gasteiger partial charge is 0.337 e. The minimum absolute atomic E-state index is 0.0946. The SMILES string of the molecule is CC(c1ccc(Cl)cc1Cl)N(C)C(=O)C1(C)CCCCN1. The molecule has 0 radical (unpaired) electrons. The van der Waals surface area contributed by atoms with E-state index in [-0.39, 0.29) is 11.9 Å². The van der Waals surface area contributed by atoms with Crippen LogP contribution in [0.3, 0.4) is 0 Å². The second kappa shape index (κ2) is 6.55. The molecule has 1 heterocycles. The van der Waals surface area contributed by atoms with Gasteiger partial charge in [-0.05, 0) is 57.4 Å². The van der Waals surface area contributed by atoms with Crippen LogP contribution in [-0.2, 0) is 4.79 Å². The minimum Gasteiger partial charge on any atom is -0.337 e. The molecular formula is C16H22Cl2N2O. The van der Waals surface area contributed by atoms with Gasteiger partial charge in [-0.2, -0.15) is 0 Å². The normalized spacial score (nSPS) is 23.7. The summed E-state index contributed by atoms with van der Waals surface area (Å²) in [5.74, 6) is 0.112. The number of rotatable bonds is 3. The summed E-state index contributed by atoms with van der Waals surface area (Å²) in [4.78, 5) is 14.6. The highest BCUT2D eigenvalue weighted by atomic mass is 35.5. The van der Waals surface area contributed by atoms with Gasteiger partial charge in [0.2, 0.25) is 5.91 Å². The van der Waals surface area contributed by atoms with Crippen LogP contribution in [0.25, 0.3) is 0 Å². The molecule has 1 fully saturated rings. The summed E-state index contributed by atoms with van der Waals surface area (Å²) in [7, 11) is 1.83. The van der Waals surface area contributed by atoms with E-state index in [1.807, 2.05) is 27.0 Å². The van der Waals surface area contributed by atoms with Crippen molar-refractivity contribution >= 4 is 29.1 Å². The first-order valence-electron chi connectivity index (χ1n) is 7.32. The molecule has 2 atom stereocenters. The van der Waals surface area contributed by atoms with Gasteiger partial charge < -0.3 is 10.2 Å². The number of halogens is 2. The summed E-state index contributed by atoms with van der Waals surface area (Å²) < 4.78 is 0. The Morgan fingerprint density at radius 1 is 1.38 bits per heavy atom. The van der Waals surface area contributed by atoms with Crippen LogP contribution in [-0.4, -0.2) is 29.9 Å². The van der Waals surface area contributed by atoms with Gasteiger partial charge >= 0.3 is 0 Å². The second-order valence-corrected chi connectivity index (χ2v) is 6.82. The van der Waals surface area contributed by atoms with Gasteiger partial charge in [0, 0.05) is 17.1 Å². The second-order valence-electron chi connectivity index (χ2n) is 5.97. The van der Waals surface area contributed by atoms with E-state index in [1.165, 1.54) is 0 Å². The van der Waals surface area contributed by atoms with Gasteiger partial charge in [-0.3, -0.25) is 4.79 Å². The number of likely N-dealkylation sites (N-methyl/N-ethyl adjacent to an activating group) is 1. The molecular weight excluding hydrogens is 307 g/mol. The highest BCUT2D eigenvalue weighted by Crippen LogP contribution is 2.31. The molecule has 1 amide bonds. The monoisotopic (exact) mass is 328 g/mol. The van der Waals surface area contributed by atoms with Crippen molar-refractivity contribution < 1.29 is 4.79 Å². The van der Waals surface area contributed by atoms with E-state index in [2.05, 4.69) is 5.32 Å². The number of benzene rings is 1. The van der Waals surface area contributed by atoms with E-state index in [4.69, 9.17) is 23.2 Å². The summed E-state index contributed by atoms with van der Waals surface area (Å²) >= 11 is 12.2. The minimum atomic E-state index is -0.472. The lowest BCUT2D eigenvalue weighted by molar-refractivity contribution is -0.139. The lowest BCUT2D eigenvalue weighted by Crippen LogP contribution is -2.57. The topological polar surface area (TPSA) is 32.3 Å². The van der Waals surface area contributed by atoms with E-state index < -0.39 is 5.54 Å². The number of nitrogens with one attached hydrogen (secondary N) is 1. The molecule has 5 heteroatoms. The first-order valence-corrected chi connectivity index (χ1v) is 8.08. The Balaban J connectivity index is 2.18. The predicted molar refractivity (Wildman–Crippen MR) is 87.9 cm³/mol. The predicted octanol–water partition coefficient (Wildman–Crippen LogP) is 4.05. The van der Waals surface area contributed by atoms with Gasteiger partial charge in [0.15, 0.2) is 0 Å². The van der Waals surface area contributed by atoms with Crippen LogP contribution < -0.4 is 5.32 Å². The summed E-state index contributed by atoms with van der Waals surface area (Å²) in [6.07, 6.45) is 3.08. The van der Waals surface area contributed by atoms with Crippen molar-refractivity contribution in [3.8, 4) is 0 Å². The molecule has 0 aromatic heterocycles. The van der Waals surface area contributed by atoms with Crippen molar-refractivity contribution in [3.63, 3.8) is 0 Å². The average molecular weight is 329 g/mol. The Morgan fingerprint density at radius 3 is 2.67 bits per heavy atom. The molecule has 21 heavy (non-hydrogen) atoms. The van der Waals surface area contributed by atoms with Crippen LogP contribution in [0.1, 0.15) is 44.7 Å². The zero-order chi connectivity index (χ0) is 15.6. The van der Waals surface area contributed by atoms with Crippen molar-refractivity contribution in [3.05, 3.63) is 33.8 Å². The maximum Gasteiger partial charge on any atom is 0.242 e. The molecule has 3 nitrogen and oxygen atoms in total. The third-order valence-corrected chi connectivity index (χ3v) is 4.97. The van der Waals surface area contributed by atoms with Gasteiger partial charge in [-0.15, -0.1) is 0 Å². The third-order valence-electron chi connectivity index (χ3n) is 4.40. The molecule has 1 aliphatic rings. The Morgan fingerprint density at radius 2 is 2.10 bits per heavy atom. The van der Waals surface area contributed by atoms with E-state index in [0.29, 0.717) is 10.0 Å². The first kappa shape index (κ1) is 16.6. The molecule has 1 aromatic carbocycles. The van der Waals surface area contributed by atoms with Crippen LogP contribution in [0.5, 0.6) is 0 Å². The lowest BCUT2D eigenvalue weighted by atomic mass is 9.89. The highest BCUT2D eigenvalue weighted by Gasteiger charge is 2.38. The standard InChI is InChI=1S/C16H22Cl2N2O/c1-11(13-7-6-12(17)10-14(13)18)20(3)15(21)16(2)8-4-5-9-19-16/h6-7,10-11,19H,4-5,8-9H2,1-3H3. The maximum atomic E-state index is 12.8. The van der Waals surface area contributed by atoms with Gasteiger partial charge in [-0.1, -0.05) is 29.3 Å². The van der Waals surface area contributed by atoms with Gasteiger partial charge in [0.05, 0.1) is 11.6 Å². The molecule has 0 aliphatic carbocycles. The van der Waals surface area contributed by atoms with E-state index in [0.717, 1.165) is 31.4 Å². The van der Waals surface area contributed by atoms with Crippen LogP contribution >= 0.6 is 23.2 Å². The van der Waals surface area contributed by atoms with Gasteiger partial charge in [0.1, 0.15) is 0 Å². The van der Waals surface area contributed by atoms with Crippen molar-refractivity contribution in [2.45, 2.75) is 44.7 Å². The molecule has 0 saturated carbocycles. The van der Waals surface area contributed by atoms with Crippen LogP contribution in [0, 0.1) is 0 Å². The molecule has 1 aliphatic heterocycles. The van der Waals surface area contributed by atoms with Crippen LogP contribution in [0.15, 0.2) is 18.2 Å². The third kappa shape index (κ3) is 3.53. The van der Waals surface area contributed by atoms with Crippen molar-refractivity contribution in [1.29, 1.82) is 0 Å². The first-order chi connectivity index (χ1) is 9.85. The van der Waals surface area contributed by atoms with Gasteiger partial charge in [0.25, 0.3) is 0 Å². The number of piperidine rings is 1. The van der Waals surface area contributed by atoms with Crippen LogP contribution in [0.2, 0.25) is 10.0 Å². The Kier molecular flexibility index (Phi) is 5.18. The number of nitrogens with zero attached hydrogens (tertiary/aromatic N) is 1. The average Bonchev–Trinajstić information content (AvgIpc) is 2.46. The zero-order valence-corrected chi connectivity index (χ0v) is 14.3. The molecule has 2 unspecified atom stereocenters. The number of hydrogen-bond donors (Lipinski definition) is 1. The number of carbonyl (C=O) groups excluding carboxylic acids is 1. The fourth-order valence-corrected chi connectivity index (χ4v) is 3.42. The van der Waals surface area contributed by atoms with E-state index >= 15 is 0 Å². The van der Waals surface area contributed by atoms with Crippen molar-refractivity contribution in [1.82, 2.24) is 10.2 Å². The van der Waals surface area contributed by atoms with Crippen molar-refractivity contribution in [2.75, 3.05) is 13.6 Å². The fourth-order valence-electron chi connectivity index (χ4n) is 2.85.